The molecule has 0 amide bonds. The Morgan fingerprint density at radius 1 is 0.588 bits per heavy atom. The zero-order valence-electron chi connectivity index (χ0n) is 8.87. The average Bonchev–Trinajstić information content (AvgIpc) is 1.42. The van der Waals surface area contributed by atoms with Gasteiger partial charge in [-0.15, -0.1) is 3.63 Å². The molecule has 17 heavy (non-hydrogen) atoms. The monoisotopic (exact) mass is 393 g/mol. The number of rotatable bonds is 2. The van der Waals surface area contributed by atoms with Gasteiger partial charge in [0.2, 0.25) is 0 Å². The molecule has 3 radical (unpaired) electrons. The van der Waals surface area contributed by atoms with Crippen molar-refractivity contribution in [3.63, 3.8) is 0 Å². The summed E-state index contributed by atoms with van der Waals surface area (Å²) in [7, 11) is -14.9. The second kappa shape index (κ2) is 14.2. The van der Waals surface area contributed by atoms with E-state index in [1.54, 1.807) is 0 Å². The molecule has 0 saturated carbocycles. The number of hydrogen-bond acceptors (Lipinski definition) is 7. The van der Waals surface area contributed by atoms with Gasteiger partial charge < -0.3 is 0 Å². The Hall–Kier alpha value is 4.56. The molecule has 17 heteroatoms. The van der Waals surface area contributed by atoms with Gasteiger partial charge in [-0.1, -0.05) is 0 Å². The largest absolute Gasteiger partial charge is 0.413 e. The molecule has 0 atom stereocenters. The smallest absolute Gasteiger partial charge is 0.264 e. The summed E-state index contributed by atoms with van der Waals surface area (Å²) in [5, 5.41) is 0. The van der Waals surface area contributed by atoms with Crippen LogP contribution in [-0.4, -0.2) is 198 Å². The molecule has 0 rings (SSSR count). The van der Waals surface area contributed by atoms with Crippen LogP contribution < -0.4 is 0 Å². The van der Waals surface area contributed by atoms with E-state index in [4.69, 9.17) is 26.6 Å². The van der Waals surface area contributed by atoms with Crippen LogP contribution in [0, 0.1) is 0 Å². The van der Waals surface area contributed by atoms with Crippen molar-refractivity contribution in [2.45, 2.75) is 0 Å². The van der Waals surface area contributed by atoms with Gasteiger partial charge in [0.05, 0.1) is 0 Å². The van der Waals surface area contributed by atoms with Crippen molar-refractivity contribution in [1.29, 1.82) is 0 Å². The van der Waals surface area contributed by atoms with Gasteiger partial charge in [0.15, 0.2) is 0 Å². The van der Waals surface area contributed by atoms with Crippen molar-refractivity contribution < 1.29 is 47.1 Å². The molecule has 0 bridgehead atoms. The summed E-state index contributed by atoms with van der Waals surface area (Å²) >= 11 is 0. The summed E-state index contributed by atoms with van der Waals surface area (Å²) in [6.45, 7) is 0. The van der Waals surface area contributed by atoms with Gasteiger partial charge >= 0.3 is 31.2 Å². The molecule has 4 N–H and O–H groups in total. The maximum Gasteiger partial charge on any atom is 0.413 e. The van der Waals surface area contributed by atoms with Gasteiger partial charge in [0.1, 0.15) is 0 Å². The van der Waals surface area contributed by atoms with Crippen LogP contribution in [0.1, 0.15) is 0 Å². The Morgan fingerprint density at radius 2 is 0.706 bits per heavy atom. The SMILES string of the molecule is O=S(=O)(O)O.O=S(=O)(O)OS(=O)(=O)O.[K].[K].[K]. The van der Waals surface area contributed by atoms with Crippen molar-refractivity contribution in [3.8, 4) is 0 Å². The Labute approximate surface area is 226 Å². The van der Waals surface area contributed by atoms with E-state index in [0.29, 0.717) is 0 Å². The fourth-order valence-electron chi connectivity index (χ4n) is 0.109. The van der Waals surface area contributed by atoms with E-state index in [2.05, 4.69) is 3.63 Å². The molecule has 0 spiro atoms. The van der Waals surface area contributed by atoms with E-state index in [-0.39, 0.29) is 154 Å². The Bertz CT molecular complexity index is 414. The van der Waals surface area contributed by atoms with Crippen LogP contribution in [0.2, 0.25) is 0 Å². The molecule has 0 aromatic carbocycles. The maximum absolute atomic E-state index is 9.44. The van der Waals surface area contributed by atoms with Gasteiger partial charge in [0, 0.05) is 154 Å². The molecular formula is H4K3O11S3. The van der Waals surface area contributed by atoms with E-state index in [0.717, 1.165) is 0 Å². The summed E-state index contributed by atoms with van der Waals surface area (Å²) in [6, 6.07) is 0. The summed E-state index contributed by atoms with van der Waals surface area (Å²) in [4.78, 5) is 0. The quantitative estimate of drug-likeness (QED) is 0.273. The third kappa shape index (κ3) is 63.5. The standard InChI is InChI=1S/3K.H2O7S2.H2O4S/c;;;1-8(2,3)7-9(4,5)6;1-5(2,3)4/h;;;(H,1,2,3)(H,4,5,6);(H2,1,2,3,4). The van der Waals surface area contributed by atoms with Gasteiger partial charge in [0.25, 0.3) is 0 Å². The first kappa shape index (κ1) is 33.2. The molecular weight excluding hydrogens is 389 g/mol. The molecule has 0 aliphatic rings. The summed E-state index contributed by atoms with van der Waals surface area (Å²) in [5.41, 5.74) is 0. The van der Waals surface area contributed by atoms with E-state index in [1.165, 1.54) is 0 Å². The zero-order chi connectivity index (χ0) is 12.2. The Kier molecular flexibility index (Phi) is 27.7. The van der Waals surface area contributed by atoms with E-state index < -0.39 is 31.2 Å². The predicted octanol–water partition coefficient (Wildman–Crippen LogP) is -3.19. The number of hydrogen-bond donors (Lipinski definition) is 4. The average molecular weight is 394 g/mol. The van der Waals surface area contributed by atoms with Gasteiger partial charge in [-0.05, 0) is 0 Å². The van der Waals surface area contributed by atoms with E-state index >= 15 is 0 Å². The van der Waals surface area contributed by atoms with Crippen molar-refractivity contribution in [2.24, 2.45) is 0 Å². The van der Waals surface area contributed by atoms with Crippen LogP contribution in [0.25, 0.3) is 0 Å². The maximum atomic E-state index is 9.44. The molecule has 91 valence electrons. The first-order valence-electron chi connectivity index (χ1n) is 2.06. The second-order valence-electron chi connectivity index (χ2n) is 1.37. The molecule has 0 aromatic heterocycles. The topological polar surface area (TPSA) is 193 Å². The molecule has 11 nitrogen and oxygen atoms in total. The normalized spacial score (nSPS) is 10.6. The van der Waals surface area contributed by atoms with Crippen molar-refractivity contribution in [2.75, 3.05) is 0 Å². The summed E-state index contributed by atoms with van der Waals surface area (Å²) < 4.78 is 87.2. The minimum Gasteiger partial charge on any atom is -0.264 e. The van der Waals surface area contributed by atoms with Crippen LogP contribution in [0.15, 0.2) is 0 Å². The molecule has 0 heterocycles. The third-order valence-corrected chi connectivity index (χ3v) is 1.55. The fourth-order valence-corrected chi connectivity index (χ4v) is 0.978. The van der Waals surface area contributed by atoms with Crippen LogP contribution in [-0.2, 0) is 34.8 Å². The third-order valence-electron chi connectivity index (χ3n) is 0.172. The van der Waals surface area contributed by atoms with Crippen molar-refractivity contribution >= 4 is 185 Å². The molecule has 0 fully saturated rings. The summed E-state index contributed by atoms with van der Waals surface area (Å²) in [5.74, 6) is 0. The van der Waals surface area contributed by atoms with Gasteiger partial charge in [-0.25, -0.2) is 0 Å². The molecule has 0 aromatic rings. The first-order chi connectivity index (χ1) is 5.71. The predicted molar refractivity (Wildman–Crippen MR) is 55.6 cm³/mol. The van der Waals surface area contributed by atoms with Crippen molar-refractivity contribution in [1.82, 2.24) is 0 Å². The van der Waals surface area contributed by atoms with E-state index in [1.807, 2.05) is 0 Å². The van der Waals surface area contributed by atoms with Crippen LogP contribution >= 0.6 is 0 Å². The van der Waals surface area contributed by atoms with Gasteiger partial charge in [-0.2, -0.15) is 25.3 Å². The zero-order valence-corrected chi connectivity index (χ0v) is 20.7. The minimum absolute atomic E-state index is 0. The van der Waals surface area contributed by atoms with E-state index in [9.17, 15) is 16.8 Å². The van der Waals surface area contributed by atoms with Crippen molar-refractivity contribution in [3.05, 3.63) is 0 Å². The first-order valence-corrected chi connectivity index (χ1v) is 6.19. The Morgan fingerprint density at radius 3 is 0.706 bits per heavy atom. The molecule has 0 aliphatic carbocycles. The van der Waals surface area contributed by atoms with Crippen LogP contribution in [0.5, 0.6) is 0 Å². The summed E-state index contributed by atoms with van der Waals surface area (Å²) in [6.07, 6.45) is 0. The molecule has 0 saturated heterocycles. The molecule has 0 aliphatic heterocycles. The van der Waals surface area contributed by atoms with Crippen LogP contribution in [0.3, 0.4) is 0 Å². The second-order valence-corrected chi connectivity index (χ2v) is 4.52. The Balaban J connectivity index is -0.0000000533. The van der Waals surface area contributed by atoms with Crippen LogP contribution in [0.4, 0.5) is 0 Å². The minimum atomic E-state index is -5.12. The fraction of sp³-hybridized carbons (Fsp3) is 0. The molecule has 0 unspecified atom stereocenters. The van der Waals surface area contributed by atoms with Gasteiger partial charge in [-0.3, -0.25) is 18.2 Å².